The second-order valence-electron chi connectivity index (χ2n) is 4.30. The van der Waals surface area contributed by atoms with Crippen LogP contribution < -0.4 is 5.32 Å². The zero-order chi connectivity index (χ0) is 14.4. The van der Waals surface area contributed by atoms with E-state index in [4.69, 9.17) is 4.74 Å². The number of alkyl carbamates (subject to hydrolysis) is 1. The molecule has 0 saturated carbocycles. The first kappa shape index (κ1) is 15.4. The van der Waals surface area contributed by atoms with Gasteiger partial charge in [-0.1, -0.05) is 13.8 Å². The lowest BCUT2D eigenvalue weighted by Crippen LogP contribution is -2.39. The van der Waals surface area contributed by atoms with Crippen LogP contribution >= 0.6 is 11.3 Å². The monoisotopic (exact) mass is 286 g/mol. The minimum atomic E-state index is -0.737. The highest BCUT2D eigenvalue weighted by molar-refractivity contribution is 7.09. The third-order valence-corrected chi connectivity index (χ3v) is 3.50. The number of carbonyl (C=O) groups excluding carboxylic acids is 2. The number of amides is 1. The van der Waals surface area contributed by atoms with Crippen LogP contribution in [0.4, 0.5) is 4.79 Å². The molecule has 1 aromatic heterocycles. The highest BCUT2D eigenvalue weighted by Gasteiger charge is 2.16. The van der Waals surface area contributed by atoms with E-state index in [2.05, 4.69) is 15.0 Å². The van der Waals surface area contributed by atoms with E-state index in [1.807, 2.05) is 19.2 Å². The summed E-state index contributed by atoms with van der Waals surface area (Å²) in [6, 6.07) is -0.737. The smallest absolute Gasteiger partial charge is 0.408 e. The minimum absolute atomic E-state index is 0.0863. The van der Waals surface area contributed by atoms with Crippen LogP contribution in [0.3, 0.4) is 0 Å². The van der Waals surface area contributed by atoms with Gasteiger partial charge in [0.1, 0.15) is 12.6 Å². The predicted octanol–water partition coefficient (Wildman–Crippen LogP) is 2.05. The maximum atomic E-state index is 11.4. The number of ether oxygens (including phenoxy) is 2. The fourth-order valence-corrected chi connectivity index (χ4v) is 2.07. The summed E-state index contributed by atoms with van der Waals surface area (Å²) in [6.45, 7) is 5.71. The average molecular weight is 286 g/mol. The summed E-state index contributed by atoms with van der Waals surface area (Å²) >= 11 is 1.53. The van der Waals surface area contributed by atoms with Gasteiger partial charge in [-0.05, 0) is 6.92 Å². The second-order valence-corrected chi connectivity index (χ2v) is 5.19. The van der Waals surface area contributed by atoms with Crippen molar-refractivity contribution in [2.45, 2.75) is 39.3 Å². The molecule has 0 saturated heterocycles. The van der Waals surface area contributed by atoms with E-state index in [9.17, 15) is 9.59 Å². The van der Waals surface area contributed by atoms with Gasteiger partial charge in [0.25, 0.3) is 0 Å². The highest BCUT2D eigenvalue weighted by Crippen LogP contribution is 2.19. The van der Waals surface area contributed by atoms with E-state index in [1.54, 1.807) is 0 Å². The molecule has 1 aromatic rings. The summed E-state index contributed by atoms with van der Waals surface area (Å²) in [5.41, 5.74) is 0.703. The van der Waals surface area contributed by atoms with Crippen molar-refractivity contribution >= 4 is 23.4 Å². The van der Waals surface area contributed by atoms with Crippen molar-refractivity contribution in [2.24, 2.45) is 0 Å². The van der Waals surface area contributed by atoms with E-state index in [1.165, 1.54) is 25.4 Å². The maximum absolute atomic E-state index is 11.4. The number of hydrogen-bond acceptors (Lipinski definition) is 6. The maximum Gasteiger partial charge on any atom is 0.408 e. The third-order valence-electron chi connectivity index (χ3n) is 2.30. The molecule has 1 rings (SSSR count). The van der Waals surface area contributed by atoms with Gasteiger partial charge in [0.15, 0.2) is 0 Å². The molecule has 0 aliphatic carbocycles. The number of methoxy groups -OCH3 is 1. The first-order valence-corrected chi connectivity index (χ1v) is 6.77. The van der Waals surface area contributed by atoms with Crippen molar-refractivity contribution in [1.82, 2.24) is 10.3 Å². The lowest BCUT2D eigenvalue weighted by Gasteiger charge is -2.11. The van der Waals surface area contributed by atoms with Crippen LogP contribution in [0.2, 0.25) is 0 Å². The second kappa shape index (κ2) is 7.08. The molecule has 106 valence electrons. The third kappa shape index (κ3) is 4.86. The predicted molar refractivity (Wildman–Crippen MR) is 71.0 cm³/mol. The molecule has 6 nitrogen and oxygen atoms in total. The van der Waals surface area contributed by atoms with E-state index >= 15 is 0 Å². The molecule has 0 aliphatic heterocycles. The van der Waals surface area contributed by atoms with Gasteiger partial charge in [-0.2, -0.15) is 0 Å². The molecule has 0 aliphatic rings. The molecule has 0 radical (unpaired) electrons. The molecule has 0 fully saturated rings. The molecular weight excluding hydrogens is 268 g/mol. The van der Waals surface area contributed by atoms with Crippen LogP contribution in [0.15, 0.2) is 5.38 Å². The van der Waals surface area contributed by atoms with Crippen molar-refractivity contribution in [3.63, 3.8) is 0 Å². The summed E-state index contributed by atoms with van der Waals surface area (Å²) in [5, 5.41) is 5.23. The Morgan fingerprint density at radius 1 is 1.42 bits per heavy atom. The average Bonchev–Trinajstić information content (AvgIpc) is 2.84. The summed E-state index contributed by atoms with van der Waals surface area (Å²) in [6.07, 6.45) is -0.669. The van der Waals surface area contributed by atoms with Gasteiger partial charge in [0, 0.05) is 11.3 Å². The highest BCUT2D eigenvalue weighted by atomic mass is 32.1. The molecule has 0 bridgehead atoms. The summed E-state index contributed by atoms with van der Waals surface area (Å²) < 4.78 is 9.46. The Balaban J connectivity index is 2.39. The molecule has 1 amide bonds. The summed E-state index contributed by atoms with van der Waals surface area (Å²) in [7, 11) is 1.26. The number of thiazole rings is 1. The molecule has 7 heteroatoms. The van der Waals surface area contributed by atoms with Gasteiger partial charge in [0.2, 0.25) is 0 Å². The number of carbonyl (C=O) groups is 2. The van der Waals surface area contributed by atoms with E-state index in [-0.39, 0.29) is 6.61 Å². The number of esters is 1. The fraction of sp³-hybridized carbons (Fsp3) is 0.583. The summed E-state index contributed by atoms with van der Waals surface area (Å²) in [4.78, 5) is 26.9. The first-order chi connectivity index (χ1) is 8.93. The fourth-order valence-electron chi connectivity index (χ4n) is 1.25. The molecule has 1 atom stereocenters. The topological polar surface area (TPSA) is 77.5 Å². The Morgan fingerprint density at radius 2 is 2.11 bits per heavy atom. The molecule has 0 spiro atoms. The van der Waals surface area contributed by atoms with Crippen LogP contribution in [-0.2, 0) is 20.9 Å². The largest absolute Gasteiger partial charge is 0.467 e. The Labute approximate surface area is 116 Å². The van der Waals surface area contributed by atoms with Crippen LogP contribution in [-0.4, -0.2) is 30.2 Å². The molecule has 1 heterocycles. The van der Waals surface area contributed by atoms with Gasteiger partial charge in [-0.25, -0.2) is 14.6 Å². The van der Waals surface area contributed by atoms with Crippen molar-refractivity contribution < 1.29 is 19.1 Å². The number of rotatable bonds is 5. The Morgan fingerprint density at radius 3 is 2.63 bits per heavy atom. The van der Waals surface area contributed by atoms with Crippen LogP contribution in [0, 0.1) is 0 Å². The Bertz CT molecular complexity index is 445. The van der Waals surface area contributed by atoms with Crippen molar-refractivity contribution in [2.75, 3.05) is 7.11 Å². The number of nitrogens with one attached hydrogen (secondary N) is 1. The standard InChI is InChI=1S/C12H18N2O4S/c1-7(2)10-14-9(6-19-10)5-18-12(16)13-8(3)11(15)17-4/h6-8H,5H2,1-4H3,(H,13,16)/t8-/m1/s1. The Hall–Kier alpha value is -1.63. The summed E-state index contributed by atoms with van der Waals surface area (Å²) in [5.74, 6) is -0.167. The Kier molecular flexibility index (Phi) is 5.75. The van der Waals surface area contributed by atoms with Crippen molar-refractivity contribution in [1.29, 1.82) is 0 Å². The zero-order valence-corrected chi connectivity index (χ0v) is 12.2. The number of aromatic nitrogens is 1. The lowest BCUT2D eigenvalue weighted by atomic mass is 10.2. The minimum Gasteiger partial charge on any atom is -0.467 e. The van der Waals surface area contributed by atoms with Crippen LogP contribution in [0.25, 0.3) is 0 Å². The van der Waals surface area contributed by atoms with E-state index in [0.29, 0.717) is 11.6 Å². The van der Waals surface area contributed by atoms with Gasteiger partial charge >= 0.3 is 12.1 Å². The van der Waals surface area contributed by atoms with E-state index < -0.39 is 18.1 Å². The zero-order valence-electron chi connectivity index (χ0n) is 11.4. The van der Waals surface area contributed by atoms with Gasteiger partial charge in [-0.15, -0.1) is 11.3 Å². The van der Waals surface area contributed by atoms with Crippen molar-refractivity contribution in [3.8, 4) is 0 Å². The van der Waals surface area contributed by atoms with Gasteiger partial charge < -0.3 is 14.8 Å². The van der Waals surface area contributed by atoms with E-state index in [0.717, 1.165) is 5.01 Å². The molecule has 19 heavy (non-hydrogen) atoms. The number of hydrogen-bond donors (Lipinski definition) is 1. The van der Waals surface area contributed by atoms with Gasteiger partial charge in [0.05, 0.1) is 17.8 Å². The number of nitrogens with zero attached hydrogens (tertiary/aromatic N) is 1. The quantitative estimate of drug-likeness (QED) is 0.838. The molecular formula is C12H18N2O4S. The first-order valence-electron chi connectivity index (χ1n) is 5.89. The van der Waals surface area contributed by atoms with Crippen LogP contribution in [0.5, 0.6) is 0 Å². The lowest BCUT2D eigenvalue weighted by molar-refractivity contribution is -0.142. The SMILES string of the molecule is COC(=O)[C@@H](C)NC(=O)OCc1csc(C(C)C)n1. The van der Waals surface area contributed by atoms with Gasteiger partial charge in [-0.3, -0.25) is 0 Å². The van der Waals surface area contributed by atoms with Crippen LogP contribution in [0.1, 0.15) is 37.4 Å². The molecule has 0 aromatic carbocycles. The molecule has 1 N–H and O–H groups in total. The normalized spacial score (nSPS) is 12.1. The van der Waals surface area contributed by atoms with Crippen molar-refractivity contribution in [3.05, 3.63) is 16.1 Å². The molecule has 0 unspecified atom stereocenters.